The lowest BCUT2D eigenvalue weighted by Gasteiger charge is -2.39. The summed E-state index contributed by atoms with van der Waals surface area (Å²) in [5.74, 6) is -0.137. The van der Waals surface area contributed by atoms with Gasteiger partial charge in [0.2, 0.25) is 0 Å². The number of nitrogens with one attached hydrogen (secondary N) is 2. The summed E-state index contributed by atoms with van der Waals surface area (Å²) < 4.78 is 6.11. The second-order valence-electron chi connectivity index (χ2n) is 7.13. The molecule has 1 aromatic heterocycles. The van der Waals surface area contributed by atoms with Crippen LogP contribution in [0.3, 0.4) is 0 Å². The third kappa shape index (κ3) is 2.63. The smallest absolute Gasteiger partial charge is 0.312 e. The summed E-state index contributed by atoms with van der Waals surface area (Å²) >= 11 is 0. The molecule has 1 saturated heterocycles. The van der Waals surface area contributed by atoms with Gasteiger partial charge in [0.25, 0.3) is 0 Å². The number of carbonyl (C=O) groups is 1. The average molecular weight is 300 g/mol. The number of ether oxygens (including phenoxy) is 1. The van der Waals surface area contributed by atoms with Crippen molar-refractivity contribution in [3.8, 4) is 0 Å². The zero-order valence-electron chi connectivity index (χ0n) is 13.5. The number of hydrogen-bond acceptors (Lipinski definition) is 3. The minimum atomic E-state index is -0.530. The molecule has 0 spiro atoms. The molecule has 1 aliphatic heterocycles. The number of rotatable bonds is 2. The highest BCUT2D eigenvalue weighted by Crippen LogP contribution is 2.40. The van der Waals surface area contributed by atoms with E-state index in [4.69, 9.17) is 4.74 Å². The summed E-state index contributed by atoms with van der Waals surface area (Å²) in [4.78, 5) is 15.8. The molecule has 118 valence electrons. The molecular formula is C18H24N2O2. The van der Waals surface area contributed by atoms with Crippen LogP contribution in [-0.4, -0.2) is 24.0 Å². The number of aromatic nitrogens is 1. The van der Waals surface area contributed by atoms with Crippen molar-refractivity contribution >= 4 is 16.9 Å². The Labute approximate surface area is 131 Å². The van der Waals surface area contributed by atoms with E-state index in [9.17, 15) is 4.79 Å². The first-order valence-electron chi connectivity index (χ1n) is 7.93. The van der Waals surface area contributed by atoms with Gasteiger partial charge in [-0.2, -0.15) is 0 Å². The Morgan fingerprint density at radius 3 is 2.59 bits per heavy atom. The van der Waals surface area contributed by atoms with E-state index in [1.165, 1.54) is 0 Å². The Morgan fingerprint density at radius 1 is 1.18 bits per heavy atom. The molecular weight excluding hydrogens is 276 g/mol. The number of fused-ring (bicyclic) bond motifs is 1. The van der Waals surface area contributed by atoms with E-state index in [1.807, 2.05) is 33.0 Å². The normalized spacial score (nSPS) is 18.3. The minimum Gasteiger partial charge on any atom is -0.454 e. The molecule has 2 aromatic rings. The summed E-state index contributed by atoms with van der Waals surface area (Å²) in [5.41, 5.74) is 1.17. The monoisotopic (exact) mass is 300 g/mol. The molecule has 4 heteroatoms. The van der Waals surface area contributed by atoms with Crippen molar-refractivity contribution in [3.63, 3.8) is 0 Å². The molecule has 4 nitrogen and oxygen atoms in total. The average Bonchev–Trinajstić information content (AvgIpc) is 2.95. The molecule has 1 aliphatic rings. The molecule has 22 heavy (non-hydrogen) atoms. The summed E-state index contributed by atoms with van der Waals surface area (Å²) in [5, 5.41) is 4.51. The van der Waals surface area contributed by atoms with Crippen molar-refractivity contribution in [1.29, 1.82) is 0 Å². The van der Waals surface area contributed by atoms with E-state index in [2.05, 4.69) is 28.5 Å². The van der Waals surface area contributed by atoms with Crippen molar-refractivity contribution < 1.29 is 9.53 Å². The van der Waals surface area contributed by atoms with E-state index in [0.29, 0.717) is 0 Å². The van der Waals surface area contributed by atoms with Crippen molar-refractivity contribution in [1.82, 2.24) is 10.3 Å². The minimum absolute atomic E-state index is 0.137. The quantitative estimate of drug-likeness (QED) is 0.836. The van der Waals surface area contributed by atoms with Gasteiger partial charge in [-0.25, -0.2) is 0 Å². The summed E-state index contributed by atoms with van der Waals surface area (Å²) in [6.07, 6.45) is 3.55. The van der Waals surface area contributed by atoms with Gasteiger partial charge in [-0.1, -0.05) is 12.1 Å². The Kier molecular flexibility index (Phi) is 3.73. The first kappa shape index (κ1) is 15.1. The summed E-state index contributed by atoms with van der Waals surface area (Å²) in [6.45, 7) is 7.43. The molecule has 0 saturated carbocycles. The van der Waals surface area contributed by atoms with Crippen molar-refractivity contribution in [2.75, 3.05) is 13.1 Å². The first-order chi connectivity index (χ1) is 10.4. The predicted octanol–water partition coefficient (Wildman–Crippen LogP) is 3.34. The zero-order valence-corrected chi connectivity index (χ0v) is 13.5. The van der Waals surface area contributed by atoms with Gasteiger partial charge in [0.1, 0.15) is 5.60 Å². The first-order valence-corrected chi connectivity index (χ1v) is 7.93. The van der Waals surface area contributed by atoms with Gasteiger partial charge in [-0.15, -0.1) is 0 Å². The fourth-order valence-corrected chi connectivity index (χ4v) is 3.07. The zero-order chi connectivity index (χ0) is 15.8. The van der Waals surface area contributed by atoms with E-state index in [0.717, 1.165) is 42.4 Å². The maximum atomic E-state index is 12.5. The number of piperidine rings is 1. The van der Waals surface area contributed by atoms with Crippen LogP contribution in [0.5, 0.6) is 0 Å². The van der Waals surface area contributed by atoms with Crippen LogP contribution in [0.15, 0.2) is 30.5 Å². The molecule has 0 bridgehead atoms. The topological polar surface area (TPSA) is 54.1 Å². The van der Waals surface area contributed by atoms with Crippen LogP contribution in [0.1, 0.15) is 39.2 Å². The van der Waals surface area contributed by atoms with Crippen molar-refractivity contribution in [3.05, 3.63) is 36.0 Å². The number of aromatic amines is 1. The van der Waals surface area contributed by atoms with Crippen LogP contribution in [0.25, 0.3) is 10.9 Å². The number of H-pyrrole nitrogens is 1. The van der Waals surface area contributed by atoms with Crippen molar-refractivity contribution in [2.45, 2.75) is 39.2 Å². The lowest BCUT2D eigenvalue weighted by molar-refractivity contribution is -0.174. The van der Waals surface area contributed by atoms with Crippen molar-refractivity contribution in [2.24, 2.45) is 5.41 Å². The SMILES string of the molecule is CC(C)(C)C(=O)OC1(c2cccc3[nH]ccc23)CCNCC1. The lowest BCUT2D eigenvalue weighted by atomic mass is 9.82. The van der Waals surface area contributed by atoms with Gasteiger partial charge < -0.3 is 15.0 Å². The maximum Gasteiger partial charge on any atom is 0.312 e. The Balaban J connectivity index is 2.06. The number of hydrogen-bond donors (Lipinski definition) is 2. The highest BCUT2D eigenvalue weighted by Gasteiger charge is 2.41. The standard InChI is InChI=1S/C18H24N2O2/c1-17(2,3)16(21)22-18(8-11-19-12-9-18)14-5-4-6-15-13(14)7-10-20-15/h4-7,10,19-20H,8-9,11-12H2,1-3H3. The fourth-order valence-electron chi connectivity index (χ4n) is 3.07. The molecule has 1 fully saturated rings. The fraction of sp³-hybridized carbons (Fsp3) is 0.500. The van der Waals surface area contributed by atoms with Crippen LogP contribution in [0, 0.1) is 5.41 Å². The van der Waals surface area contributed by atoms with Gasteiger partial charge in [-0.05, 0) is 46.0 Å². The molecule has 2 heterocycles. The van der Waals surface area contributed by atoms with E-state index in [1.54, 1.807) is 0 Å². The Bertz CT molecular complexity index is 676. The van der Waals surface area contributed by atoms with Crippen LogP contribution in [-0.2, 0) is 15.1 Å². The number of esters is 1. The maximum absolute atomic E-state index is 12.5. The van der Waals surface area contributed by atoms with Gasteiger partial charge >= 0.3 is 5.97 Å². The highest BCUT2D eigenvalue weighted by molar-refractivity contribution is 5.84. The van der Waals surface area contributed by atoms with Crippen LogP contribution < -0.4 is 5.32 Å². The Hall–Kier alpha value is -1.81. The Morgan fingerprint density at radius 2 is 1.91 bits per heavy atom. The van der Waals surface area contributed by atoms with E-state index in [-0.39, 0.29) is 5.97 Å². The third-order valence-electron chi connectivity index (χ3n) is 4.40. The van der Waals surface area contributed by atoms with Gasteiger partial charge in [0.15, 0.2) is 0 Å². The molecule has 3 rings (SSSR count). The highest BCUT2D eigenvalue weighted by atomic mass is 16.6. The summed E-state index contributed by atoms with van der Waals surface area (Å²) in [6, 6.07) is 8.25. The molecule has 0 aliphatic carbocycles. The largest absolute Gasteiger partial charge is 0.454 e. The van der Waals surface area contributed by atoms with Crippen LogP contribution in [0.2, 0.25) is 0 Å². The van der Waals surface area contributed by atoms with E-state index >= 15 is 0 Å². The molecule has 2 N–H and O–H groups in total. The van der Waals surface area contributed by atoms with Gasteiger partial charge in [0, 0.05) is 35.5 Å². The van der Waals surface area contributed by atoms with Gasteiger partial charge in [-0.3, -0.25) is 4.79 Å². The third-order valence-corrected chi connectivity index (χ3v) is 4.40. The van der Waals surface area contributed by atoms with E-state index < -0.39 is 11.0 Å². The molecule has 1 aromatic carbocycles. The van der Waals surface area contributed by atoms with Crippen LogP contribution >= 0.6 is 0 Å². The second-order valence-corrected chi connectivity index (χ2v) is 7.13. The second kappa shape index (κ2) is 5.43. The number of benzene rings is 1. The van der Waals surface area contributed by atoms with Gasteiger partial charge in [0.05, 0.1) is 5.41 Å². The molecule has 0 amide bonds. The lowest BCUT2D eigenvalue weighted by Crippen LogP contribution is -2.45. The summed E-state index contributed by atoms with van der Waals surface area (Å²) in [7, 11) is 0. The molecule has 0 unspecified atom stereocenters. The predicted molar refractivity (Wildman–Crippen MR) is 87.6 cm³/mol. The van der Waals surface area contributed by atoms with Crippen LogP contribution in [0.4, 0.5) is 0 Å². The molecule has 0 atom stereocenters. The number of carbonyl (C=O) groups excluding carboxylic acids is 1. The molecule has 0 radical (unpaired) electrons.